The molecule has 5 aromatic rings. The van der Waals surface area contributed by atoms with Gasteiger partial charge in [-0.2, -0.15) is 5.10 Å². The van der Waals surface area contributed by atoms with Crippen LogP contribution in [-0.2, 0) is 32.9 Å². The Balaban J connectivity index is 1.53. The molecule has 0 N–H and O–H groups in total. The van der Waals surface area contributed by atoms with Crippen molar-refractivity contribution in [1.29, 1.82) is 0 Å². The van der Waals surface area contributed by atoms with Crippen LogP contribution in [0, 0.1) is 23.4 Å². The van der Waals surface area contributed by atoms with E-state index in [4.69, 9.17) is 9.84 Å². The Hall–Kier alpha value is -4.13. The van der Waals surface area contributed by atoms with Crippen molar-refractivity contribution in [2.45, 2.75) is 37.5 Å². The van der Waals surface area contributed by atoms with Gasteiger partial charge in [0.2, 0.25) is 5.13 Å². The molecule has 226 valence electrons. The van der Waals surface area contributed by atoms with Crippen LogP contribution in [0.15, 0.2) is 70.9 Å². The summed E-state index contributed by atoms with van der Waals surface area (Å²) >= 11 is -1.75. The van der Waals surface area contributed by atoms with Gasteiger partial charge in [-0.15, -0.1) is 15.5 Å². The van der Waals surface area contributed by atoms with E-state index in [0.29, 0.717) is 39.9 Å². The van der Waals surface area contributed by atoms with Crippen molar-refractivity contribution >= 4 is 28.4 Å². The second kappa shape index (κ2) is 12.5. The number of ether oxygens (including phenoxy) is 1. The van der Waals surface area contributed by atoms with Gasteiger partial charge in [0.15, 0.2) is 10.6 Å². The summed E-state index contributed by atoms with van der Waals surface area (Å²) in [5.41, 5.74) is 3.52. The van der Waals surface area contributed by atoms with Crippen LogP contribution in [0.3, 0.4) is 0 Å². The number of benzene rings is 3. The molecule has 1 atom stereocenters. The molecule has 1 aliphatic carbocycles. The Morgan fingerprint density at radius 1 is 1.05 bits per heavy atom. The zero-order valence-electron chi connectivity index (χ0n) is 23.4. The van der Waals surface area contributed by atoms with E-state index in [2.05, 4.69) is 4.98 Å². The third-order valence-corrected chi connectivity index (χ3v) is 8.95. The molecule has 0 bridgehead atoms. The van der Waals surface area contributed by atoms with Gasteiger partial charge >= 0.3 is 5.97 Å². The summed E-state index contributed by atoms with van der Waals surface area (Å²) in [7, 11) is 0. The number of esters is 1. The van der Waals surface area contributed by atoms with Crippen LogP contribution in [0.1, 0.15) is 47.1 Å². The van der Waals surface area contributed by atoms with Crippen molar-refractivity contribution in [1.82, 2.24) is 14.8 Å². The molecule has 1 saturated carbocycles. The highest BCUT2D eigenvalue weighted by Crippen LogP contribution is 2.39. The number of aromatic nitrogens is 3. The molecule has 7 nitrogen and oxygen atoms in total. The molecule has 0 radical (unpaired) electrons. The van der Waals surface area contributed by atoms with E-state index >= 15 is 8.78 Å². The van der Waals surface area contributed by atoms with Gasteiger partial charge in [0, 0.05) is 34.6 Å². The summed E-state index contributed by atoms with van der Waals surface area (Å²) in [6, 6.07) is 13.8. The summed E-state index contributed by atoms with van der Waals surface area (Å²) in [5, 5.41) is 6.91. The van der Waals surface area contributed by atoms with Crippen LogP contribution in [-0.4, -0.2) is 31.9 Å². The van der Waals surface area contributed by atoms with Crippen LogP contribution >= 0.6 is 11.3 Å². The highest BCUT2D eigenvalue weighted by Gasteiger charge is 2.30. The molecule has 0 aliphatic heterocycles. The first kappa shape index (κ1) is 29.9. The fourth-order valence-corrected chi connectivity index (χ4v) is 6.22. The zero-order valence-corrected chi connectivity index (χ0v) is 25.1. The third kappa shape index (κ3) is 6.23. The molecule has 12 heteroatoms. The molecule has 0 saturated heterocycles. The zero-order chi connectivity index (χ0) is 31.0. The fraction of sp³-hybridized carbons (Fsp3) is 0.219. The van der Waals surface area contributed by atoms with Crippen molar-refractivity contribution in [3.8, 4) is 27.5 Å². The van der Waals surface area contributed by atoms with Gasteiger partial charge in [0.1, 0.15) is 17.5 Å². The SMILES string of the molecule is CCOC(=O)c1csc(-n2nc(-c3ccc(F)c(-c4ccc(F)cc4)c3)c(Cc3ccc([SH+](=O)[O-])cc3F)c2CC2CC2)n1. The number of halogens is 3. The van der Waals surface area contributed by atoms with Gasteiger partial charge in [-0.3, -0.25) is 0 Å². The number of thiol groups is 1. The second-order valence-corrected chi connectivity index (χ2v) is 12.3. The average Bonchev–Trinajstić information content (AvgIpc) is 3.57. The van der Waals surface area contributed by atoms with E-state index in [1.165, 1.54) is 53.8 Å². The number of hydrogen-bond acceptors (Lipinski definition) is 7. The maximum absolute atomic E-state index is 15.3. The fourth-order valence-electron chi connectivity index (χ4n) is 5.03. The van der Waals surface area contributed by atoms with E-state index in [9.17, 15) is 17.9 Å². The molecule has 2 heterocycles. The predicted molar refractivity (Wildman–Crippen MR) is 160 cm³/mol. The van der Waals surface area contributed by atoms with Crippen LogP contribution in [0.2, 0.25) is 0 Å². The summed E-state index contributed by atoms with van der Waals surface area (Å²) < 4.78 is 73.6. The maximum Gasteiger partial charge on any atom is 0.357 e. The van der Waals surface area contributed by atoms with E-state index in [-0.39, 0.29) is 34.7 Å². The van der Waals surface area contributed by atoms with Crippen molar-refractivity contribution in [3.05, 3.63) is 106 Å². The average molecular weight is 638 g/mol. The number of thiazole rings is 1. The predicted octanol–water partition coefficient (Wildman–Crippen LogP) is 6.99. The van der Waals surface area contributed by atoms with Crippen LogP contribution < -0.4 is 0 Å². The normalized spacial score (nSPS) is 13.7. The van der Waals surface area contributed by atoms with Crippen molar-refractivity contribution < 1.29 is 31.5 Å². The lowest BCUT2D eigenvalue weighted by molar-refractivity contribution is 0.0520. The molecule has 1 aliphatic rings. The number of rotatable bonds is 10. The molecule has 6 rings (SSSR count). The maximum atomic E-state index is 15.3. The van der Waals surface area contributed by atoms with Gasteiger partial charge < -0.3 is 9.29 Å². The van der Waals surface area contributed by atoms with Crippen molar-refractivity contribution in [2.75, 3.05) is 6.61 Å². The van der Waals surface area contributed by atoms with Gasteiger partial charge in [0.05, 0.1) is 29.1 Å². The minimum absolute atomic E-state index is 0.0680. The first-order valence-corrected chi connectivity index (χ1v) is 16.0. The largest absolute Gasteiger partial charge is 0.612 e. The molecule has 3 aromatic carbocycles. The van der Waals surface area contributed by atoms with Gasteiger partial charge in [0.25, 0.3) is 0 Å². The highest BCUT2D eigenvalue weighted by molar-refractivity contribution is 7.79. The van der Waals surface area contributed by atoms with Crippen molar-refractivity contribution in [3.63, 3.8) is 0 Å². The lowest BCUT2D eigenvalue weighted by atomic mass is 9.94. The molecule has 1 fully saturated rings. The quantitative estimate of drug-likeness (QED) is 0.0931. The summed E-state index contributed by atoms with van der Waals surface area (Å²) in [6.07, 6.45) is 2.70. The second-order valence-electron chi connectivity index (χ2n) is 10.5. The number of hydrogen-bond donors (Lipinski definition) is 0. The van der Waals surface area contributed by atoms with Crippen LogP contribution in [0.5, 0.6) is 0 Å². The molecular formula is C32H26F3N3O4S2. The van der Waals surface area contributed by atoms with Gasteiger partial charge in [-0.25, -0.2) is 27.6 Å². The Labute approximate surface area is 257 Å². The van der Waals surface area contributed by atoms with E-state index in [0.717, 1.165) is 24.6 Å². The summed E-state index contributed by atoms with van der Waals surface area (Å²) in [5.74, 6) is -1.82. The lowest BCUT2D eigenvalue weighted by Crippen LogP contribution is -2.08. The molecule has 0 spiro atoms. The van der Waals surface area contributed by atoms with Crippen molar-refractivity contribution in [2.24, 2.45) is 5.92 Å². The lowest BCUT2D eigenvalue weighted by Gasteiger charge is -2.11. The Bertz CT molecular complexity index is 1880. The number of carbonyl (C=O) groups is 1. The molecular weight excluding hydrogens is 611 g/mol. The minimum Gasteiger partial charge on any atom is -0.612 e. The van der Waals surface area contributed by atoms with Crippen LogP contribution in [0.4, 0.5) is 13.2 Å². The number of nitrogens with zero attached hydrogens (tertiary/aromatic N) is 3. The Morgan fingerprint density at radius 3 is 2.48 bits per heavy atom. The minimum atomic E-state index is -2.96. The summed E-state index contributed by atoms with van der Waals surface area (Å²) in [4.78, 5) is 16.7. The molecule has 0 amide bonds. The monoisotopic (exact) mass is 637 g/mol. The van der Waals surface area contributed by atoms with Gasteiger partial charge in [-0.1, -0.05) is 18.2 Å². The van der Waals surface area contributed by atoms with E-state index in [1.807, 2.05) is 0 Å². The van der Waals surface area contributed by atoms with E-state index < -0.39 is 34.5 Å². The molecule has 2 aromatic heterocycles. The topological polar surface area (TPSA) is 97.1 Å². The Kier molecular flexibility index (Phi) is 8.48. The third-order valence-electron chi connectivity index (χ3n) is 7.44. The summed E-state index contributed by atoms with van der Waals surface area (Å²) in [6.45, 7) is 1.90. The Morgan fingerprint density at radius 2 is 1.80 bits per heavy atom. The van der Waals surface area contributed by atoms with Crippen LogP contribution in [0.25, 0.3) is 27.5 Å². The van der Waals surface area contributed by atoms with E-state index in [1.54, 1.807) is 29.1 Å². The first-order valence-electron chi connectivity index (χ1n) is 13.9. The first-order chi connectivity index (χ1) is 21.2. The molecule has 1 unspecified atom stereocenters. The van der Waals surface area contributed by atoms with Gasteiger partial charge in [-0.05, 0) is 79.6 Å². The standard InChI is InChI=1S/C32H26F3N3O4S2/c1-2-42-31(39)28-17-43-32(36-28)38-29(13-18-3-4-18)25(14-20-7-11-23(44(40)41)16-27(20)35)30(37-38)21-8-12-26(34)24(15-21)19-5-9-22(33)10-6-19/h5-12,15-18,44H,2-4,13-14H2,1H3. The highest BCUT2D eigenvalue weighted by atomic mass is 32.2. The smallest absolute Gasteiger partial charge is 0.357 e. The number of carbonyl (C=O) groups excluding carboxylic acids is 1. The molecule has 44 heavy (non-hydrogen) atoms.